The fourth-order valence-corrected chi connectivity index (χ4v) is 3.84. The van der Waals surface area contributed by atoms with Crippen LogP contribution in [0.3, 0.4) is 0 Å². The van der Waals surface area contributed by atoms with Crippen LogP contribution < -0.4 is 0 Å². The molecule has 0 unspecified atom stereocenters. The van der Waals surface area contributed by atoms with Crippen LogP contribution in [0.1, 0.15) is 19.9 Å². The summed E-state index contributed by atoms with van der Waals surface area (Å²) in [5.74, 6) is 1.12. The Morgan fingerprint density at radius 2 is 1.80 bits per heavy atom. The van der Waals surface area contributed by atoms with Gasteiger partial charge in [0.05, 0.1) is 5.69 Å². The molecule has 4 aromatic heterocycles. The molecule has 150 valence electrons. The molecule has 0 fully saturated rings. The first-order chi connectivity index (χ1) is 14.5. The first-order valence-electron chi connectivity index (χ1n) is 9.70. The molecule has 1 aromatic carbocycles. The van der Waals surface area contributed by atoms with E-state index >= 15 is 0 Å². The number of fused-ring (bicyclic) bond motifs is 1. The van der Waals surface area contributed by atoms with Gasteiger partial charge in [0, 0.05) is 49.0 Å². The second kappa shape index (κ2) is 7.11. The Balaban J connectivity index is 1.80. The molecule has 5 rings (SSSR count). The summed E-state index contributed by atoms with van der Waals surface area (Å²) in [5.41, 5.74) is 4.55. The maximum Gasteiger partial charge on any atom is 0.217 e. The zero-order chi connectivity index (χ0) is 20.8. The number of hydrogen-bond donors (Lipinski definition) is 0. The summed E-state index contributed by atoms with van der Waals surface area (Å²) in [6, 6.07) is 12.4. The molecule has 30 heavy (non-hydrogen) atoms. The van der Waals surface area contributed by atoms with Gasteiger partial charge in [0.2, 0.25) is 5.82 Å². The number of nitrogens with zero attached hydrogens (tertiary/aromatic N) is 7. The molecule has 5 aromatic rings. The van der Waals surface area contributed by atoms with E-state index in [0.717, 1.165) is 27.9 Å². The van der Waals surface area contributed by atoms with Gasteiger partial charge < -0.3 is 4.57 Å². The Labute approximate surface area is 178 Å². The number of aromatic nitrogens is 7. The molecule has 0 aliphatic rings. The van der Waals surface area contributed by atoms with Crippen molar-refractivity contribution in [2.45, 2.75) is 19.9 Å². The van der Waals surface area contributed by atoms with Crippen molar-refractivity contribution in [1.82, 2.24) is 33.9 Å². The maximum absolute atomic E-state index is 6.71. The third-order valence-corrected chi connectivity index (χ3v) is 5.35. The van der Waals surface area contributed by atoms with Gasteiger partial charge in [-0.05, 0) is 25.5 Å². The highest BCUT2D eigenvalue weighted by Crippen LogP contribution is 2.39. The van der Waals surface area contributed by atoms with Gasteiger partial charge in [-0.25, -0.2) is 14.5 Å². The van der Waals surface area contributed by atoms with Crippen LogP contribution in [0.5, 0.6) is 0 Å². The molecular weight excluding hydrogens is 398 g/mol. The molecule has 0 radical (unpaired) electrons. The van der Waals surface area contributed by atoms with E-state index in [-0.39, 0.29) is 6.04 Å². The van der Waals surface area contributed by atoms with Crippen LogP contribution >= 0.6 is 11.6 Å². The summed E-state index contributed by atoms with van der Waals surface area (Å²) >= 11 is 6.71. The van der Waals surface area contributed by atoms with Gasteiger partial charge in [-0.1, -0.05) is 41.9 Å². The van der Waals surface area contributed by atoms with E-state index in [9.17, 15) is 0 Å². The molecule has 4 heterocycles. The number of aryl methyl sites for hydroxylation is 1. The van der Waals surface area contributed by atoms with Crippen molar-refractivity contribution in [3.8, 4) is 34.0 Å². The van der Waals surface area contributed by atoms with Crippen molar-refractivity contribution < 1.29 is 0 Å². The van der Waals surface area contributed by atoms with E-state index in [1.165, 1.54) is 0 Å². The highest BCUT2D eigenvalue weighted by molar-refractivity contribution is 6.33. The molecule has 0 bridgehead atoms. The summed E-state index contributed by atoms with van der Waals surface area (Å²) in [6.07, 6.45) is 7.52. The van der Waals surface area contributed by atoms with Crippen molar-refractivity contribution in [3.63, 3.8) is 0 Å². The van der Waals surface area contributed by atoms with Gasteiger partial charge in [-0.2, -0.15) is 5.10 Å². The average molecular weight is 418 g/mol. The lowest BCUT2D eigenvalue weighted by molar-refractivity contribution is 0.534. The van der Waals surface area contributed by atoms with Gasteiger partial charge >= 0.3 is 0 Å². The molecule has 0 amide bonds. The SMILES string of the molecule is CC(C)n1ccc(-c2cn3nc(-c4nccn4C)nc(Cl)c3c2-c2ccccc2)n1. The standard InChI is InChI=1S/C22H20ClN7/c1-14(2)29-11-9-17(26-29)16-13-30-19(18(16)15-7-5-4-6-8-15)20(23)25-21(27-30)22-24-10-12-28(22)3/h4-14H,1-3H3. The molecule has 7 nitrogen and oxygen atoms in total. The molecule has 0 atom stereocenters. The highest BCUT2D eigenvalue weighted by Gasteiger charge is 2.22. The Bertz CT molecular complexity index is 1340. The van der Waals surface area contributed by atoms with Crippen LogP contribution in [0, 0.1) is 0 Å². The van der Waals surface area contributed by atoms with Gasteiger partial charge in [0.25, 0.3) is 0 Å². The molecule has 0 saturated carbocycles. The first kappa shape index (κ1) is 18.6. The van der Waals surface area contributed by atoms with Crippen LogP contribution in [0.4, 0.5) is 0 Å². The second-order valence-corrected chi connectivity index (χ2v) is 7.80. The fourth-order valence-electron chi connectivity index (χ4n) is 3.58. The Morgan fingerprint density at radius 1 is 1.00 bits per heavy atom. The third-order valence-electron chi connectivity index (χ3n) is 5.09. The molecule has 0 spiro atoms. The highest BCUT2D eigenvalue weighted by atomic mass is 35.5. The van der Waals surface area contributed by atoms with E-state index in [0.29, 0.717) is 16.8 Å². The van der Waals surface area contributed by atoms with Gasteiger partial charge in [0.1, 0.15) is 5.52 Å². The molecule has 0 N–H and O–H groups in total. The second-order valence-electron chi connectivity index (χ2n) is 7.44. The van der Waals surface area contributed by atoms with Gasteiger partial charge in [-0.3, -0.25) is 4.68 Å². The lowest BCUT2D eigenvalue weighted by Crippen LogP contribution is -2.02. The topological polar surface area (TPSA) is 65.8 Å². The molecule has 0 aliphatic carbocycles. The lowest BCUT2D eigenvalue weighted by atomic mass is 10.0. The third kappa shape index (κ3) is 2.98. The van der Waals surface area contributed by atoms with E-state index < -0.39 is 0 Å². The van der Waals surface area contributed by atoms with E-state index in [1.54, 1.807) is 10.7 Å². The summed E-state index contributed by atoms with van der Waals surface area (Å²) in [5, 5.41) is 9.86. The predicted molar refractivity (Wildman–Crippen MR) is 117 cm³/mol. The number of imidazole rings is 1. The molecular formula is C22H20ClN7. The van der Waals surface area contributed by atoms with E-state index in [2.05, 4.69) is 35.9 Å². The van der Waals surface area contributed by atoms with Crippen LogP contribution in [0.25, 0.3) is 39.5 Å². The summed E-state index contributed by atoms with van der Waals surface area (Å²) in [4.78, 5) is 8.91. The van der Waals surface area contributed by atoms with Crippen molar-refractivity contribution >= 4 is 17.1 Å². The zero-order valence-electron chi connectivity index (χ0n) is 16.9. The molecule has 0 aliphatic heterocycles. The summed E-state index contributed by atoms with van der Waals surface area (Å²) in [6.45, 7) is 4.21. The Hall–Kier alpha value is -3.45. The monoisotopic (exact) mass is 417 g/mol. The largest absolute Gasteiger partial charge is 0.331 e. The smallest absolute Gasteiger partial charge is 0.217 e. The van der Waals surface area contributed by atoms with Gasteiger partial charge in [0.15, 0.2) is 11.0 Å². The van der Waals surface area contributed by atoms with Crippen LogP contribution in [-0.4, -0.2) is 33.9 Å². The number of rotatable bonds is 4. The van der Waals surface area contributed by atoms with Crippen molar-refractivity contribution in [2.24, 2.45) is 7.05 Å². The minimum atomic E-state index is 0.273. The minimum Gasteiger partial charge on any atom is -0.331 e. The Kier molecular flexibility index (Phi) is 4.40. The summed E-state index contributed by atoms with van der Waals surface area (Å²) < 4.78 is 5.59. The van der Waals surface area contributed by atoms with Gasteiger partial charge in [-0.15, -0.1) is 5.10 Å². The van der Waals surface area contributed by atoms with Crippen molar-refractivity contribution in [1.29, 1.82) is 0 Å². The van der Waals surface area contributed by atoms with Crippen molar-refractivity contribution in [2.75, 3.05) is 0 Å². The average Bonchev–Trinajstić information content (AvgIpc) is 3.46. The number of halogens is 1. The minimum absolute atomic E-state index is 0.273. The summed E-state index contributed by atoms with van der Waals surface area (Å²) in [7, 11) is 1.90. The normalized spacial score (nSPS) is 11.6. The number of hydrogen-bond acceptors (Lipinski definition) is 4. The van der Waals surface area contributed by atoms with E-state index in [1.807, 2.05) is 59.2 Å². The molecule has 8 heteroatoms. The van der Waals surface area contributed by atoms with Crippen molar-refractivity contribution in [3.05, 3.63) is 66.3 Å². The maximum atomic E-state index is 6.71. The molecule has 0 saturated heterocycles. The predicted octanol–water partition coefficient (Wildman–Crippen LogP) is 4.89. The first-order valence-corrected chi connectivity index (χ1v) is 10.1. The fraction of sp³-hybridized carbons (Fsp3) is 0.182. The van der Waals surface area contributed by atoms with Crippen LogP contribution in [0.2, 0.25) is 5.15 Å². The quantitative estimate of drug-likeness (QED) is 0.417. The Morgan fingerprint density at radius 3 is 2.47 bits per heavy atom. The number of benzene rings is 1. The lowest BCUT2D eigenvalue weighted by Gasteiger charge is -2.07. The van der Waals surface area contributed by atoms with Crippen LogP contribution in [0.15, 0.2) is 61.2 Å². The van der Waals surface area contributed by atoms with E-state index in [4.69, 9.17) is 21.8 Å². The van der Waals surface area contributed by atoms with Crippen LogP contribution in [-0.2, 0) is 7.05 Å². The zero-order valence-corrected chi connectivity index (χ0v) is 17.6.